The van der Waals surface area contributed by atoms with Gasteiger partial charge in [-0.15, -0.1) is 0 Å². The molecule has 0 radical (unpaired) electrons. The molecule has 0 aliphatic heterocycles. The number of ether oxygens (including phenoxy) is 1. The molecule has 0 saturated heterocycles. The highest BCUT2D eigenvalue weighted by atomic mass is 79.9. The van der Waals surface area contributed by atoms with E-state index in [0.717, 1.165) is 27.2 Å². The molecule has 1 heterocycles. The van der Waals surface area contributed by atoms with Crippen LogP contribution in [-0.4, -0.2) is 10.5 Å². The van der Waals surface area contributed by atoms with E-state index in [9.17, 15) is 0 Å². The summed E-state index contributed by atoms with van der Waals surface area (Å²) in [6, 6.07) is 9.75. The van der Waals surface area contributed by atoms with Crippen molar-refractivity contribution < 1.29 is 4.74 Å². The van der Waals surface area contributed by atoms with Crippen molar-refractivity contribution in [3.63, 3.8) is 0 Å². The molecule has 2 rings (SSSR count). The highest BCUT2D eigenvalue weighted by Crippen LogP contribution is 2.29. The summed E-state index contributed by atoms with van der Waals surface area (Å²) >= 11 is 3.56. The van der Waals surface area contributed by atoms with E-state index in [2.05, 4.69) is 60.8 Å². The molecular weight excluding hydrogens is 328 g/mol. The molecule has 3 nitrogen and oxygen atoms in total. The Bertz CT molecular complexity index is 624. The Balaban J connectivity index is 2.22. The number of rotatable bonds is 3. The topological polar surface area (TPSA) is 34.1 Å². The van der Waals surface area contributed by atoms with E-state index < -0.39 is 0 Å². The van der Waals surface area contributed by atoms with E-state index in [1.54, 1.807) is 0 Å². The number of nitrogens with one attached hydrogen (secondary N) is 1. The van der Waals surface area contributed by atoms with Crippen LogP contribution in [-0.2, 0) is 0 Å². The maximum Gasteiger partial charge on any atom is 0.221 e. The molecule has 0 saturated carbocycles. The van der Waals surface area contributed by atoms with Crippen LogP contribution in [0, 0.1) is 13.8 Å². The third-order valence-electron chi connectivity index (χ3n) is 2.86. The number of nitrogens with zero attached hydrogens (tertiary/aromatic N) is 1. The van der Waals surface area contributed by atoms with E-state index in [-0.39, 0.29) is 5.54 Å². The van der Waals surface area contributed by atoms with Crippen LogP contribution >= 0.6 is 15.9 Å². The minimum atomic E-state index is -0.0313. The molecule has 112 valence electrons. The molecule has 0 amide bonds. The Morgan fingerprint density at radius 2 is 1.71 bits per heavy atom. The molecule has 0 bridgehead atoms. The summed E-state index contributed by atoms with van der Waals surface area (Å²) in [6.07, 6.45) is 0. The summed E-state index contributed by atoms with van der Waals surface area (Å²) in [5.74, 6) is 2.20. The highest BCUT2D eigenvalue weighted by Gasteiger charge is 2.11. The highest BCUT2D eigenvalue weighted by molar-refractivity contribution is 9.10. The molecule has 0 fully saturated rings. The third-order valence-corrected chi connectivity index (χ3v) is 4.11. The standard InChI is InChI=1S/C17H21BrN2O/c1-11-9-13(10-12(2)16(11)18)21-15-8-6-7-14(19-15)20-17(3,4)5/h6-10H,1-5H3,(H,19,20). The smallest absolute Gasteiger partial charge is 0.221 e. The number of hydrogen-bond acceptors (Lipinski definition) is 3. The maximum absolute atomic E-state index is 5.88. The second-order valence-corrected chi connectivity index (χ2v) is 7.00. The van der Waals surface area contributed by atoms with Gasteiger partial charge in [0, 0.05) is 16.1 Å². The summed E-state index contributed by atoms with van der Waals surface area (Å²) < 4.78 is 6.99. The largest absolute Gasteiger partial charge is 0.439 e. The summed E-state index contributed by atoms with van der Waals surface area (Å²) in [7, 11) is 0. The molecular formula is C17H21BrN2O. The molecule has 1 aromatic heterocycles. The zero-order chi connectivity index (χ0) is 15.6. The van der Waals surface area contributed by atoms with Gasteiger partial charge in [0.15, 0.2) is 0 Å². The van der Waals surface area contributed by atoms with Crippen molar-refractivity contribution in [1.82, 2.24) is 4.98 Å². The lowest BCUT2D eigenvalue weighted by atomic mass is 10.1. The zero-order valence-electron chi connectivity index (χ0n) is 13.1. The van der Waals surface area contributed by atoms with Crippen molar-refractivity contribution in [2.45, 2.75) is 40.2 Å². The van der Waals surface area contributed by atoms with Crippen molar-refractivity contribution in [1.29, 1.82) is 0 Å². The van der Waals surface area contributed by atoms with E-state index in [0.29, 0.717) is 5.88 Å². The minimum absolute atomic E-state index is 0.0313. The van der Waals surface area contributed by atoms with Crippen molar-refractivity contribution >= 4 is 21.7 Å². The van der Waals surface area contributed by atoms with E-state index in [1.807, 2.05) is 30.3 Å². The van der Waals surface area contributed by atoms with Crippen LogP contribution in [0.1, 0.15) is 31.9 Å². The average molecular weight is 349 g/mol. The molecule has 1 N–H and O–H groups in total. The van der Waals surface area contributed by atoms with Crippen LogP contribution < -0.4 is 10.1 Å². The van der Waals surface area contributed by atoms with Crippen molar-refractivity contribution in [3.8, 4) is 11.6 Å². The lowest BCUT2D eigenvalue weighted by Crippen LogP contribution is -2.26. The first-order valence-corrected chi connectivity index (χ1v) is 7.74. The SMILES string of the molecule is Cc1cc(Oc2cccc(NC(C)(C)C)n2)cc(C)c1Br. The summed E-state index contributed by atoms with van der Waals surface area (Å²) in [4.78, 5) is 4.49. The van der Waals surface area contributed by atoms with Crippen molar-refractivity contribution in [2.75, 3.05) is 5.32 Å². The number of aromatic nitrogens is 1. The van der Waals surface area contributed by atoms with Crippen LogP contribution in [0.2, 0.25) is 0 Å². The number of pyridine rings is 1. The van der Waals surface area contributed by atoms with Gasteiger partial charge in [-0.2, -0.15) is 4.98 Å². The number of halogens is 1. The van der Waals surface area contributed by atoms with Crippen LogP contribution in [0.15, 0.2) is 34.8 Å². The van der Waals surface area contributed by atoms with Gasteiger partial charge in [0.2, 0.25) is 5.88 Å². The summed E-state index contributed by atoms with van der Waals surface area (Å²) in [5.41, 5.74) is 2.26. The molecule has 0 aliphatic rings. The van der Waals surface area contributed by atoms with Gasteiger partial charge in [-0.3, -0.25) is 0 Å². The number of hydrogen-bond donors (Lipinski definition) is 1. The first kappa shape index (κ1) is 15.8. The lowest BCUT2D eigenvalue weighted by molar-refractivity contribution is 0.462. The van der Waals surface area contributed by atoms with Gasteiger partial charge in [-0.1, -0.05) is 22.0 Å². The minimum Gasteiger partial charge on any atom is -0.439 e. The molecule has 1 aromatic carbocycles. The number of benzene rings is 1. The molecule has 21 heavy (non-hydrogen) atoms. The van der Waals surface area contributed by atoms with Gasteiger partial charge in [-0.05, 0) is 63.9 Å². The molecule has 0 spiro atoms. The fourth-order valence-corrected chi connectivity index (χ4v) is 2.24. The normalized spacial score (nSPS) is 11.3. The van der Waals surface area contributed by atoms with E-state index in [1.165, 1.54) is 0 Å². The fraction of sp³-hybridized carbons (Fsp3) is 0.353. The van der Waals surface area contributed by atoms with Crippen LogP contribution in [0.25, 0.3) is 0 Å². The monoisotopic (exact) mass is 348 g/mol. The summed E-state index contributed by atoms with van der Waals surface area (Å²) in [5, 5.41) is 3.34. The third kappa shape index (κ3) is 4.46. The van der Waals surface area contributed by atoms with Crippen LogP contribution in [0.4, 0.5) is 5.82 Å². The lowest BCUT2D eigenvalue weighted by Gasteiger charge is -2.21. The second kappa shape index (κ2) is 6.06. The Morgan fingerprint density at radius 1 is 1.10 bits per heavy atom. The number of aryl methyl sites for hydroxylation is 2. The Labute approximate surface area is 134 Å². The Hall–Kier alpha value is -1.55. The van der Waals surface area contributed by atoms with Crippen LogP contribution in [0.5, 0.6) is 11.6 Å². The number of anilines is 1. The van der Waals surface area contributed by atoms with Gasteiger partial charge in [0.05, 0.1) is 0 Å². The van der Waals surface area contributed by atoms with Crippen molar-refractivity contribution in [3.05, 3.63) is 45.9 Å². The van der Waals surface area contributed by atoms with Crippen LogP contribution in [0.3, 0.4) is 0 Å². The van der Waals surface area contributed by atoms with Gasteiger partial charge < -0.3 is 10.1 Å². The first-order valence-electron chi connectivity index (χ1n) is 6.94. The van der Waals surface area contributed by atoms with Crippen molar-refractivity contribution in [2.24, 2.45) is 0 Å². The van der Waals surface area contributed by atoms with Gasteiger partial charge in [0.1, 0.15) is 11.6 Å². The predicted octanol–water partition coefficient (Wildman–Crippen LogP) is 5.46. The molecule has 0 aliphatic carbocycles. The molecule has 0 atom stereocenters. The average Bonchev–Trinajstić information content (AvgIpc) is 2.34. The first-order chi connectivity index (χ1) is 9.74. The van der Waals surface area contributed by atoms with E-state index >= 15 is 0 Å². The predicted molar refractivity (Wildman–Crippen MR) is 91.3 cm³/mol. The molecule has 2 aromatic rings. The zero-order valence-corrected chi connectivity index (χ0v) is 14.7. The maximum atomic E-state index is 5.88. The Morgan fingerprint density at radius 3 is 2.29 bits per heavy atom. The Kier molecular flexibility index (Phi) is 4.57. The quantitative estimate of drug-likeness (QED) is 0.799. The van der Waals surface area contributed by atoms with Gasteiger partial charge >= 0.3 is 0 Å². The summed E-state index contributed by atoms with van der Waals surface area (Å²) in [6.45, 7) is 10.4. The molecule has 0 unspecified atom stereocenters. The van der Waals surface area contributed by atoms with Gasteiger partial charge in [0.25, 0.3) is 0 Å². The van der Waals surface area contributed by atoms with E-state index in [4.69, 9.17) is 4.74 Å². The second-order valence-electron chi connectivity index (χ2n) is 6.21. The van der Waals surface area contributed by atoms with Gasteiger partial charge in [-0.25, -0.2) is 0 Å². The fourth-order valence-electron chi connectivity index (χ4n) is 2.01. The molecule has 4 heteroatoms.